The number of aromatic nitrogens is 1. The van der Waals surface area contributed by atoms with Crippen molar-refractivity contribution < 1.29 is 18.7 Å². The van der Waals surface area contributed by atoms with Gasteiger partial charge in [-0.1, -0.05) is 41.4 Å². The molecule has 0 bridgehead atoms. The number of halogens is 3. The summed E-state index contributed by atoms with van der Waals surface area (Å²) in [5.41, 5.74) is 1.65. The second kappa shape index (κ2) is 8.52. The molecule has 0 aliphatic heterocycles. The van der Waals surface area contributed by atoms with Gasteiger partial charge in [0.25, 0.3) is 0 Å². The standard InChI is InChI=1S/C19H15Cl2FN2O3/c20-15-6-3-13(7-16(15)21)9-24(8-12-1-4-14(22)5-2-12)10-18-23-17(11-27-18)19(25)26/h1-7,11H,8-10H2,(H,25,26). The predicted octanol–water partition coefficient (Wildman–Crippen LogP) is 5.02. The Morgan fingerprint density at radius 2 is 1.70 bits per heavy atom. The maximum Gasteiger partial charge on any atom is 0.357 e. The van der Waals surface area contributed by atoms with Crippen molar-refractivity contribution in [1.82, 2.24) is 9.88 Å². The summed E-state index contributed by atoms with van der Waals surface area (Å²) in [5, 5.41) is 9.89. The zero-order valence-corrected chi connectivity index (χ0v) is 15.5. The fraction of sp³-hybridized carbons (Fsp3) is 0.158. The summed E-state index contributed by atoms with van der Waals surface area (Å²) in [6, 6.07) is 11.5. The van der Waals surface area contributed by atoms with Crippen LogP contribution in [0.2, 0.25) is 10.0 Å². The fourth-order valence-electron chi connectivity index (χ4n) is 2.58. The van der Waals surface area contributed by atoms with Gasteiger partial charge in [0, 0.05) is 13.1 Å². The van der Waals surface area contributed by atoms with Gasteiger partial charge < -0.3 is 9.52 Å². The molecule has 0 amide bonds. The van der Waals surface area contributed by atoms with Crippen molar-refractivity contribution in [1.29, 1.82) is 0 Å². The highest BCUT2D eigenvalue weighted by Gasteiger charge is 2.15. The van der Waals surface area contributed by atoms with Crippen LogP contribution >= 0.6 is 23.2 Å². The maximum atomic E-state index is 13.2. The van der Waals surface area contributed by atoms with Crippen LogP contribution in [0.3, 0.4) is 0 Å². The van der Waals surface area contributed by atoms with Crippen LogP contribution in [-0.2, 0) is 19.6 Å². The predicted molar refractivity (Wildman–Crippen MR) is 99.3 cm³/mol. The largest absolute Gasteiger partial charge is 0.476 e. The Bertz CT molecular complexity index is 944. The minimum absolute atomic E-state index is 0.152. The Morgan fingerprint density at radius 3 is 2.33 bits per heavy atom. The first-order valence-electron chi connectivity index (χ1n) is 7.99. The Balaban J connectivity index is 1.81. The molecule has 2 aromatic carbocycles. The number of hydrogen-bond donors (Lipinski definition) is 1. The van der Waals surface area contributed by atoms with Crippen molar-refractivity contribution in [3.63, 3.8) is 0 Å². The van der Waals surface area contributed by atoms with E-state index in [-0.39, 0.29) is 23.9 Å². The number of carboxylic acids is 1. The van der Waals surface area contributed by atoms with Crippen LogP contribution in [0.5, 0.6) is 0 Å². The number of nitrogens with zero attached hydrogens (tertiary/aromatic N) is 2. The van der Waals surface area contributed by atoms with Gasteiger partial charge in [-0.2, -0.15) is 0 Å². The smallest absolute Gasteiger partial charge is 0.357 e. The number of rotatable bonds is 7. The second-order valence-corrected chi connectivity index (χ2v) is 6.77. The van der Waals surface area contributed by atoms with Crippen molar-refractivity contribution in [2.45, 2.75) is 19.6 Å². The first-order chi connectivity index (χ1) is 12.9. The van der Waals surface area contributed by atoms with Gasteiger partial charge in [0.1, 0.15) is 12.1 Å². The molecule has 0 aliphatic carbocycles. The van der Waals surface area contributed by atoms with Crippen molar-refractivity contribution in [3.05, 3.63) is 87.3 Å². The molecule has 5 nitrogen and oxygen atoms in total. The highest BCUT2D eigenvalue weighted by atomic mass is 35.5. The van der Waals surface area contributed by atoms with Gasteiger partial charge in [-0.15, -0.1) is 0 Å². The van der Waals surface area contributed by atoms with Crippen LogP contribution < -0.4 is 0 Å². The van der Waals surface area contributed by atoms with E-state index in [2.05, 4.69) is 4.98 Å². The molecule has 0 spiro atoms. The van der Waals surface area contributed by atoms with E-state index >= 15 is 0 Å². The highest BCUT2D eigenvalue weighted by Crippen LogP contribution is 2.24. The van der Waals surface area contributed by atoms with E-state index in [0.29, 0.717) is 23.1 Å². The first-order valence-corrected chi connectivity index (χ1v) is 8.75. The molecule has 0 saturated heterocycles. The lowest BCUT2D eigenvalue weighted by Crippen LogP contribution is -2.22. The third kappa shape index (κ3) is 5.29. The summed E-state index contributed by atoms with van der Waals surface area (Å²) >= 11 is 12.0. The van der Waals surface area contributed by atoms with E-state index < -0.39 is 5.97 Å². The summed E-state index contributed by atoms with van der Waals surface area (Å²) in [5.74, 6) is -1.19. The molecular formula is C19H15Cl2FN2O3. The number of carboxylic acid groups (broad SMARTS) is 1. The summed E-state index contributed by atoms with van der Waals surface area (Å²) in [4.78, 5) is 16.9. The molecule has 27 heavy (non-hydrogen) atoms. The zero-order chi connectivity index (χ0) is 19.4. The monoisotopic (exact) mass is 408 g/mol. The zero-order valence-electron chi connectivity index (χ0n) is 14.0. The number of aromatic carboxylic acids is 1. The highest BCUT2D eigenvalue weighted by molar-refractivity contribution is 6.42. The lowest BCUT2D eigenvalue weighted by Gasteiger charge is -2.21. The summed E-state index contributed by atoms with van der Waals surface area (Å²) in [7, 11) is 0. The second-order valence-electron chi connectivity index (χ2n) is 5.95. The van der Waals surface area contributed by atoms with Gasteiger partial charge in [-0.25, -0.2) is 14.2 Å². The molecule has 0 radical (unpaired) electrons. The SMILES string of the molecule is O=C(O)c1coc(CN(Cc2ccc(F)cc2)Cc2ccc(Cl)c(Cl)c2)n1. The number of oxazole rings is 1. The molecule has 8 heteroatoms. The normalized spacial score (nSPS) is 11.1. The molecule has 0 fully saturated rings. The van der Waals surface area contributed by atoms with E-state index in [4.69, 9.17) is 32.7 Å². The Labute approximate surface area is 165 Å². The first kappa shape index (κ1) is 19.4. The van der Waals surface area contributed by atoms with E-state index in [1.54, 1.807) is 24.3 Å². The van der Waals surface area contributed by atoms with Crippen LogP contribution in [0, 0.1) is 5.82 Å². The number of hydrogen-bond acceptors (Lipinski definition) is 4. The van der Waals surface area contributed by atoms with Crippen molar-refractivity contribution >= 4 is 29.2 Å². The molecule has 0 atom stereocenters. The molecule has 1 N–H and O–H groups in total. The van der Waals surface area contributed by atoms with Crippen LogP contribution in [0.1, 0.15) is 27.5 Å². The van der Waals surface area contributed by atoms with Crippen molar-refractivity contribution in [2.75, 3.05) is 0 Å². The van der Waals surface area contributed by atoms with E-state index in [1.807, 2.05) is 11.0 Å². The molecule has 0 saturated carbocycles. The Kier molecular flexibility index (Phi) is 6.11. The van der Waals surface area contributed by atoms with Crippen molar-refractivity contribution in [3.8, 4) is 0 Å². The van der Waals surface area contributed by atoms with E-state index in [9.17, 15) is 9.18 Å². The fourth-order valence-corrected chi connectivity index (χ4v) is 2.91. The molecule has 1 aromatic heterocycles. The topological polar surface area (TPSA) is 66.6 Å². The Hall–Kier alpha value is -2.41. The van der Waals surface area contributed by atoms with E-state index in [0.717, 1.165) is 17.4 Å². The van der Waals surface area contributed by atoms with Gasteiger partial charge in [0.15, 0.2) is 5.69 Å². The third-order valence-corrected chi connectivity index (χ3v) is 4.58. The van der Waals surface area contributed by atoms with Crippen molar-refractivity contribution in [2.24, 2.45) is 0 Å². The molecule has 140 valence electrons. The molecule has 3 rings (SSSR count). The maximum absolute atomic E-state index is 13.2. The minimum Gasteiger partial charge on any atom is -0.476 e. The molecular weight excluding hydrogens is 394 g/mol. The Morgan fingerprint density at radius 1 is 1.04 bits per heavy atom. The molecule has 3 aromatic rings. The average molecular weight is 409 g/mol. The quantitative estimate of drug-likeness (QED) is 0.594. The van der Waals surface area contributed by atoms with Gasteiger partial charge in [-0.3, -0.25) is 4.90 Å². The van der Waals surface area contributed by atoms with Crippen LogP contribution in [0.25, 0.3) is 0 Å². The average Bonchev–Trinajstić information content (AvgIpc) is 3.09. The third-order valence-electron chi connectivity index (χ3n) is 3.84. The number of carbonyl (C=O) groups is 1. The lowest BCUT2D eigenvalue weighted by molar-refractivity contribution is 0.0690. The molecule has 0 aliphatic rings. The van der Waals surface area contributed by atoms with Gasteiger partial charge in [0.2, 0.25) is 5.89 Å². The minimum atomic E-state index is -1.15. The molecule has 0 unspecified atom stereocenters. The van der Waals surface area contributed by atoms with E-state index in [1.165, 1.54) is 12.1 Å². The van der Waals surface area contributed by atoms with Gasteiger partial charge >= 0.3 is 5.97 Å². The van der Waals surface area contributed by atoms with Gasteiger partial charge in [-0.05, 0) is 35.4 Å². The number of benzene rings is 2. The summed E-state index contributed by atoms with van der Waals surface area (Å²) < 4.78 is 18.4. The summed E-state index contributed by atoms with van der Waals surface area (Å²) in [6.07, 6.45) is 1.10. The van der Waals surface area contributed by atoms with Crippen LogP contribution in [-0.4, -0.2) is 21.0 Å². The van der Waals surface area contributed by atoms with Crippen LogP contribution in [0.4, 0.5) is 4.39 Å². The van der Waals surface area contributed by atoms with Gasteiger partial charge in [0.05, 0.1) is 16.6 Å². The van der Waals surface area contributed by atoms with Crippen LogP contribution in [0.15, 0.2) is 53.1 Å². The molecule has 1 heterocycles. The summed E-state index contributed by atoms with van der Waals surface area (Å²) in [6.45, 7) is 1.23. The lowest BCUT2D eigenvalue weighted by atomic mass is 10.1.